The van der Waals surface area contributed by atoms with Crippen LogP contribution in [-0.2, 0) is 0 Å². The largest absolute Gasteiger partial charge is 0.399 e. The SMILES string of the molecule is CC(C)c1ccc2c(Nc3cc(C(=O)C[C@@H](C)c4ccccc4)ccc3Sc3ccc(N)cc3)ncnc2n1. The number of pyridine rings is 1. The molecule has 0 bridgehead atoms. The Balaban J connectivity index is 1.49. The highest BCUT2D eigenvalue weighted by Crippen LogP contribution is 2.37. The summed E-state index contributed by atoms with van der Waals surface area (Å²) in [5.74, 6) is 1.15. The van der Waals surface area contributed by atoms with Gasteiger partial charge in [-0.15, -0.1) is 0 Å². The molecule has 3 N–H and O–H groups in total. The van der Waals surface area contributed by atoms with E-state index in [1.54, 1.807) is 11.8 Å². The number of hydrogen-bond acceptors (Lipinski definition) is 7. The van der Waals surface area contributed by atoms with Crippen LogP contribution in [0.5, 0.6) is 0 Å². The fourth-order valence-electron chi connectivity index (χ4n) is 4.35. The maximum Gasteiger partial charge on any atom is 0.164 e. The molecule has 0 aliphatic rings. The molecule has 0 radical (unpaired) electrons. The van der Waals surface area contributed by atoms with Gasteiger partial charge in [-0.05, 0) is 65.9 Å². The summed E-state index contributed by atoms with van der Waals surface area (Å²) in [6, 6.07) is 27.7. The number of rotatable bonds is 9. The number of carbonyl (C=O) groups is 1. The minimum atomic E-state index is 0.0919. The van der Waals surface area contributed by atoms with Gasteiger partial charge in [0.05, 0.1) is 11.1 Å². The Labute approximate surface area is 233 Å². The summed E-state index contributed by atoms with van der Waals surface area (Å²) in [4.78, 5) is 29.0. The number of carbonyl (C=O) groups excluding carboxylic acids is 1. The number of nitrogens with two attached hydrogens (primary N) is 1. The number of ketones is 1. The first kappa shape index (κ1) is 26.4. The van der Waals surface area contributed by atoms with E-state index in [2.05, 4.69) is 48.2 Å². The predicted octanol–water partition coefficient (Wildman–Crippen LogP) is 8.00. The van der Waals surface area contributed by atoms with E-state index in [1.807, 2.05) is 72.8 Å². The second-order valence-electron chi connectivity index (χ2n) is 9.93. The first-order valence-electron chi connectivity index (χ1n) is 13.0. The van der Waals surface area contributed by atoms with E-state index in [0.29, 0.717) is 35.1 Å². The number of hydrogen-bond donors (Lipinski definition) is 2. The lowest BCUT2D eigenvalue weighted by molar-refractivity contribution is 0.0975. The first-order chi connectivity index (χ1) is 18.9. The highest BCUT2D eigenvalue weighted by Gasteiger charge is 2.17. The number of aromatic nitrogens is 3. The average Bonchev–Trinajstić information content (AvgIpc) is 2.95. The minimum Gasteiger partial charge on any atom is -0.399 e. The molecule has 3 aromatic carbocycles. The summed E-state index contributed by atoms with van der Waals surface area (Å²) in [6.45, 7) is 6.30. The van der Waals surface area contributed by atoms with Crippen LogP contribution in [0, 0.1) is 0 Å². The molecule has 2 heterocycles. The van der Waals surface area contributed by atoms with Gasteiger partial charge in [0.25, 0.3) is 0 Å². The summed E-state index contributed by atoms with van der Waals surface area (Å²) in [5.41, 5.74) is 10.8. The van der Waals surface area contributed by atoms with E-state index in [0.717, 1.165) is 32.1 Å². The van der Waals surface area contributed by atoms with Crippen molar-refractivity contribution in [3.05, 3.63) is 108 Å². The van der Waals surface area contributed by atoms with Gasteiger partial charge >= 0.3 is 0 Å². The van der Waals surface area contributed by atoms with Crippen LogP contribution >= 0.6 is 11.8 Å². The van der Waals surface area contributed by atoms with Crippen molar-refractivity contribution in [1.82, 2.24) is 15.0 Å². The van der Waals surface area contributed by atoms with Gasteiger partial charge in [-0.1, -0.05) is 68.9 Å². The normalized spacial score (nSPS) is 12.0. The molecular weight excluding hydrogens is 502 g/mol. The van der Waals surface area contributed by atoms with Gasteiger partial charge in [0.2, 0.25) is 0 Å². The van der Waals surface area contributed by atoms with Crippen molar-refractivity contribution in [2.24, 2.45) is 0 Å². The Bertz CT molecular complexity index is 1600. The van der Waals surface area contributed by atoms with E-state index >= 15 is 0 Å². The van der Waals surface area contributed by atoms with Gasteiger partial charge in [-0.2, -0.15) is 0 Å². The Hall–Kier alpha value is -4.23. The van der Waals surface area contributed by atoms with Gasteiger partial charge < -0.3 is 11.1 Å². The van der Waals surface area contributed by atoms with Crippen LogP contribution in [0.3, 0.4) is 0 Å². The number of nitrogens with one attached hydrogen (secondary N) is 1. The highest BCUT2D eigenvalue weighted by atomic mass is 32.2. The molecule has 2 aromatic heterocycles. The van der Waals surface area contributed by atoms with Gasteiger partial charge in [-0.3, -0.25) is 4.79 Å². The molecule has 0 aliphatic carbocycles. The second-order valence-corrected chi connectivity index (χ2v) is 11.0. The Kier molecular flexibility index (Phi) is 7.89. The smallest absolute Gasteiger partial charge is 0.164 e. The zero-order valence-corrected chi connectivity index (χ0v) is 23.1. The zero-order valence-electron chi connectivity index (χ0n) is 22.3. The lowest BCUT2D eigenvalue weighted by Gasteiger charge is -2.16. The monoisotopic (exact) mass is 533 g/mol. The number of anilines is 3. The van der Waals surface area contributed by atoms with Crippen molar-refractivity contribution in [2.75, 3.05) is 11.1 Å². The standard InChI is InChI=1S/C32H31N5OS/c1-20(2)27-15-14-26-31(36-27)34-19-35-32(26)37-28-18-23(29(38)17-21(3)22-7-5-4-6-8-22)9-16-30(28)39-25-12-10-24(33)11-13-25/h4-16,18-21H,17,33H2,1-3H3,(H,34,35,36,37)/t21-/m1/s1. The highest BCUT2D eigenvalue weighted by molar-refractivity contribution is 7.99. The molecule has 39 heavy (non-hydrogen) atoms. The topological polar surface area (TPSA) is 93.8 Å². The van der Waals surface area contributed by atoms with Crippen LogP contribution in [0.1, 0.15) is 60.6 Å². The van der Waals surface area contributed by atoms with E-state index in [4.69, 9.17) is 10.7 Å². The van der Waals surface area contributed by atoms with Gasteiger partial charge in [0.15, 0.2) is 11.4 Å². The number of Topliss-reactive ketones (excluding diaryl/α,β-unsaturated/α-hetero) is 1. The molecule has 7 heteroatoms. The zero-order chi connectivity index (χ0) is 27.4. The summed E-state index contributed by atoms with van der Waals surface area (Å²) >= 11 is 1.60. The molecule has 0 saturated carbocycles. The van der Waals surface area contributed by atoms with Crippen molar-refractivity contribution in [3.8, 4) is 0 Å². The number of nitrogen functional groups attached to an aromatic ring is 1. The minimum absolute atomic E-state index is 0.0919. The molecule has 0 saturated heterocycles. The summed E-state index contributed by atoms with van der Waals surface area (Å²) in [7, 11) is 0. The molecule has 0 unspecified atom stereocenters. The maximum atomic E-state index is 13.4. The summed E-state index contributed by atoms with van der Waals surface area (Å²) < 4.78 is 0. The summed E-state index contributed by atoms with van der Waals surface area (Å²) in [6.07, 6.45) is 1.94. The molecule has 5 rings (SSSR count). The van der Waals surface area contributed by atoms with Crippen molar-refractivity contribution in [2.45, 2.75) is 48.8 Å². The molecule has 5 aromatic rings. The molecular formula is C32H31N5OS. The van der Waals surface area contributed by atoms with E-state index < -0.39 is 0 Å². The van der Waals surface area contributed by atoms with Crippen LogP contribution < -0.4 is 11.1 Å². The van der Waals surface area contributed by atoms with Gasteiger partial charge in [0.1, 0.15) is 12.1 Å². The lowest BCUT2D eigenvalue weighted by atomic mass is 9.93. The van der Waals surface area contributed by atoms with E-state index in [-0.39, 0.29) is 11.7 Å². The fourth-order valence-corrected chi connectivity index (χ4v) is 5.24. The molecule has 6 nitrogen and oxygen atoms in total. The van der Waals surface area contributed by atoms with E-state index in [9.17, 15) is 4.79 Å². The number of fused-ring (bicyclic) bond motifs is 1. The molecule has 1 atom stereocenters. The predicted molar refractivity (Wildman–Crippen MR) is 160 cm³/mol. The van der Waals surface area contributed by atoms with Crippen LogP contribution in [0.4, 0.5) is 17.2 Å². The van der Waals surface area contributed by atoms with Crippen LogP contribution in [0.2, 0.25) is 0 Å². The quantitative estimate of drug-likeness (QED) is 0.146. The van der Waals surface area contributed by atoms with Gasteiger partial charge in [-0.25, -0.2) is 15.0 Å². The number of benzene rings is 3. The third kappa shape index (κ3) is 6.26. The van der Waals surface area contributed by atoms with Crippen molar-refractivity contribution in [3.63, 3.8) is 0 Å². The number of nitrogens with zero attached hydrogens (tertiary/aromatic N) is 3. The Morgan fingerprint density at radius 2 is 1.69 bits per heavy atom. The maximum absolute atomic E-state index is 13.4. The summed E-state index contributed by atoms with van der Waals surface area (Å²) in [5, 5.41) is 4.31. The van der Waals surface area contributed by atoms with Gasteiger partial charge in [0, 0.05) is 33.2 Å². The Morgan fingerprint density at radius 3 is 2.44 bits per heavy atom. The second kappa shape index (κ2) is 11.7. The molecule has 0 fully saturated rings. The average molecular weight is 534 g/mol. The molecule has 0 aliphatic heterocycles. The fraction of sp³-hybridized carbons (Fsp3) is 0.188. The molecule has 196 valence electrons. The van der Waals surface area contributed by atoms with Crippen molar-refractivity contribution in [1.29, 1.82) is 0 Å². The lowest BCUT2D eigenvalue weighted by Crippen LogP contribution is -2.06. The third-order valence-corrected chi connectivity index (χ3v) is 7.72. The first-order valence-corrected chi connectivity index (χ1v) is 13.8. The van der Waals surface area contributed by atoms with Crippen molar-refractivity contribution < 1.29 is 4.79 Å². The third-order valence-electron chi connectivity index (χ3n) is 6.63. The molecule has 0 amide bonds. The Morgan fingerprint density at radius 1 is 0.923 bits per heavy atom. The van der Waals surface area contributed by atoms with Crippen molar-refractivity contribution >= 4 is 45.8 Å². The van der Waals surface area contributed by atoms with E-state index in [1.165, 1.54) is 6.33 Å². The van der Waals surface area contributed by atoms with Crippen LogP contribution in [0.15, 0.2) is 101 Å². The molecule has 0 spiro atoms. The van der Waals surface area contributed by atoms with Crippen LogP contribution in [0.25, 0.3) is 11.0 Å². The van der Waals surface area contributed by atoms with Crippen LogP contribution in [-0.4, -0.2) is 20.7 Å².